The SMILES string of the molecule is O=C(NCCC1CCOC1)c1noc(C2CCCN2)n1. The molecule has 2 fully saturated rings. The lowest BCUT2D eigenvalue weighted by Gasteiger charge is -2.07. The Morgan fingerprint density at radius 3 is 3.15 bits per heavy atom. The van der Waals surface area contributed by atoms with Crippen LogP contribution in [0.15, 0.2) is 4.52 Å². The molecule has 2 saturated heterocycles. The Hall–Kier alpha value is -1.47. The van der Waals surface area contributed by atoms with E-state index in [1.165, 1.54) is 0 Å². The summed E-state index contributed by atoms with van der Waals surface area (Å²) in [4.78, 5) is 16.1. The molecule has 2 aliphatic heterocycles. The third-order valence-corrected chi connectivity index (χ3v) is 3.87. The second-order valence-electron chi connectivity index (χ2n) is 5.38. The van der Waals surface area contributed by atoms with Crippen LogP contribution in [-0.2, 0) is 4.74 Å². The number of hydrogen-bond acceptors (Lipinski definition) is 6. The molecule has 7 heteroatoms. The molecule has 2 aliphatic rings. The van der Waals surface area contributed by atoms with Gasteiger partial charge in [-0.05, 0) is 38.1 Å². The summed E-state index contributed by atoms with van der Waals surface area (Å²) in [5.41, 5.74) is 0. The Labute approximate surface area is 117 Å². The Balaban J connectivity index is 1.46. The number of carbonyl (C=O) groups excluding carboxylic acids is 1. The van der Waals surface area contributed by atoms with Crippen LogP contribution in [0.3, 0.4) is 0 Å². The predicted octanol–water partition coefficient (Wildman–Crippen LogP) is 0.650. The van der Waals surface area contributed by atoms with Crippen molar-refractivity contribution in [2.24, 2.45) is 5.92 Å². The molecule has 1 aromatic rings. The van der Waals surface area contributed by atoms with Gasteiger partial charge in [-0.15, -0.1) is 0 Å². The smallest absolute Gasteiger partial charge is 0.292 e. The summed E-state index contributed by atoms with van der Waals surface area (Å²) in [6.07, 6.45) is 4.08. The Bertz CT molecular complexity index is 450. The van der Waals surface area contributed by atoms with Gasteiger partial charge in [-0.2, -0.15) is 4.98 Å². The largest absolute Gasteiger partial charge is 0.381 e. The van der Waals surface area contributed by atoms with Crippen molar-refractivity contribution < 1.29 is 14.1 Å². The number of ether oxygens (including phenoxy) is 1. The van der Waals surface area contributed by atoms with Gasteiger partial charge in [0.05, 0.1) is 6.04 Å². The first kappa shape index (κ1) is 13.5. The lowest BCUT2D eigenvalue weighted by molar-refractivity contribution is 0.0937. The number of rotatable bonds is 5. The van der Waals surface area contributed by atoms with Gasteiger partial charge in [0.25, 0.3) is 11.7 Å². The van der Waals surface area contributed by atoms with Crippen molar-refractivity contribution in [3.8, 4) is 0 Å². The molecule has 2 unspecified atom stereocenters. The fourth-order valence-electron chi connectivity index (χ4n) is 2.64. The molecule has 1 amide bonds. The molecule has 7 nitrogen and oxygen atoms in total. The molecular weight excluding hydrogens is 260 g/mol. The van der Waals surface area contributed by atoms with Crippen LogP contribution in [-0.4, -0.2) is 42.4 Å². The van der Waals surface area contributed by atoms with Crippen LogP contribution in [0.1, 0.15) is 48.2 Å². The first-order valence-electron chi connectivity index (χ1n) is 7.26. The van der Waals surface area contributed by atoms with Crippen molar-refractivity contribution >= 4 is 5.91 Å². The molecular formula is C13H20N4O3. The highest BCUT2D eigenvalue weighted by atomic mass is 16.5. The number of nitrogens with one attached hydrogen (secondary N) is 2. The summed E-state index contributed by atoms with van der Waals surface area (Å²) >= 11 is 0. The van der Waals surface area contributed by atoms with Crippen LogP contribution in [0.5, 0.6) is 0 Å². The molecule has 110 valence electrons. The molecule has 1 aromatic heterocycles. The number of amides is 1. The second kappa shape index (κ2) is 6.32. The standard InChI is InChI=1S/C13H20N4O3/c18-12(15-6-3-9-4-7-19-8-9)11-16-13(20-17-11)10-2-1-5-14-10/h9-10,14H,1-8H2,(H,15,18). The predicted molar refractivity (Wildman–Crippen MR) is 70.2 cm³/mol. The fraction of sp³-hybridized carbons (Fsp3) is 0.769. The quantitative estimate of drug-likeness (QED) is 0.823. The maximum atomic E-state index is 11.9. The number of hydrogen-bond donors (Lipinski definition) is 2. The van der Waals surface area contributed by atoms with Gasteiger partial charge in [-0.25, -0.2) is 0 Å². The van der Waals surface area contributed by atoms with Crippen molar-refractivity contribution in [3.63, 3.8) is 0 Å². The highest BCUT2D eigenvalue weighted by molar-refractivity contribution is 5.90. The van der Waals surface area contributed by atoms with E-state index in [2.05, 4.69) is 20.8 Å². The summed E-state index contributed by atoms with van der Waals surface area (Å²) in [5, 5.41) is 9.84. The third-order valence-electron chi connectivity index (χ3n) is 3.87. The van der Waals surface area contributed by atoms with Gasteiger partial charge in [-0.3, -0.25) is 4.79 Å². The highest BCUT2D eigenvalue weighted by Crippen LogP contribution is 2.21. The van der Waals surface area contributed by atoms with Gasteiger partial charge in [0.15, 0.2) is 0 Å². The van der Waals surface area contributed by atoms with Crippen molar-refractivity contribution in [2.75, 3.05) is 26.3 Å². The minimum Gasteiger partial charge on any atom is -0.381 e. The van der Waals surface area contributed by atoms with Gasteiger partial charge >= 0.3 is 0 Å². The minimum atomic E-state index is -0.267. The van der Waals surface area contributed by atoms with Crippen molar-refractivity contribution in [2.45, 2.75) is 31.7 Å². The maximum absolute atomic E-state index is 11.9. The van der Waals surface area contributed by atoms with Gasteiger partial charge < -0.3 is 19.9 Å². The van der Waals surface area contributed by atoms with Crippen LogP contribution in [0, 0.1) is 5.92 Å². The Kier molecular flexibility index (Phi) is 4.27. The monoisotopic (exact) mass is 280 g/mol. The molecule has 2 N–H and O–H groups in total. The average Bonchev–Trinajstić information content (AvgIpc) is 3.20. The molecule has 0 aromatic carbocycles. The summed E-state index contributed by atoms with van der Waals surface area (Å²) in [5.74, 6) is 0.920. The number of carbonyl (C=O) groups is 1. The lowest BCUT2D eigenvalue weighted by atomic mass is 10.1. The number of nitrogens with zero attached hydrogens (tertiary/aromatic N) is 2. The Morgan fingerprint density at radius 1 is 1.45 bits per heavy atom. The van der Waals surface area contributed by atoms with Crippen LogP contribution in [0.2, 0.25) is 0 Å². The summed E-state index contributed by atoms with van der Waals surface area (Å²) in [7, 11) is 0. The minimum absolute atomic E-state index is 0.0969. The van der Waals surface area contributed by atoms with Crippen molar-refractivity contribution in [1.82, 2.24) is 20.8 Å². The number of aromatic nitrogens is 2. The van der Waals surface area contributed by atoms with Crippen molar-refractivity contribution in [3.05, 3.63) is 11.7 Å². The van der Waals surface area contributed by atoms with E-state index in [-0.39, 0.29) is 17.8 Å². The van der Waals surface area contributed by atoms with Crippen LogP contribution >= 0.6 is 0 Å². The van der Waals surface area contributed by atoms with Gasteiger partial charge in [0.2, 0.25) is 5.89 Å². The van der Waals surface area contributed by atoms with E-state index in [9.17, 15) is 4.79 Å². The fourth-order valence-corrected chi connectivity index (χ4v) is 2.64. The van der Waals surface area contributed by atoms with E-state index in [0.717, 1.165) is 45.4 Å². The van der Waals surface area contributed by atoms with E-state index >= 15 is 0 Å². The van der Waals surface area contributed by atoms with Crippen molar-refractivity contribution in [1.29, 1.82) is 0 Å². The van der Waals surface area contributed by atoms with E-state index in [1.807, 2.05) is 0 Å². The summed E-state index contributed by atoms with van der Waals surface area (Å²) in [6.45, 7) is 3.22. The van der Waals surface area contributed by atoms with Gasteiger partial charge in [0.1, 0.15) is 0 Å². The molecule has 0 bridgehead atoms. The normalized spacial score (nSPS) is 26.0. The van der Waals surface area contributed by atoms with Gasteiger partial charge in [0, 0.05) is 19.8 Å². The first-order valence-corrected chi connectivity index (χ1v) is 7.26. The van der Waals surface area contributed by atoms with E-state index in [4.69, 9.17) is 9.26 Å². The Morgan fingerprint density at radius 2 is 2.40 bits per heavy atom. The highest BCUT2D eigenvalue weighted by Gasteiger charge is 2.24. The van der Waals surface area contributed by atoms with E-state index in [0.29, 0.717) is 18.4 Å². The molecule has 3 rings (SSSR count). The van der Waals surface area contributed by atoms with Crippen LogP contribution < -0.4 is 10.6 Å². The zero-order valence-corrected chi connectivity index (χ0v) is 11.4. The zero-order valence-electron chi connectivity index (χ0n) is 11.4. The second-order valence-corrected chi connectivity index (χ2v) is 5.38. The molecule has 0 spiro atoms. The van der Waals surface area contributed by atoms with E-state index in [1.54, 1.807) is 0 Å². The summed E-state index contributed by atoms with van der Waals surface area (Å²) < 4.78 is 10.4. The lowest BCUT2D eigenvalue weighted by Crippen LogP contribution is -2.27. The van der Waals surface area contributed by atoms with Gasteiger partial charge in [-0.1, -0.05) is 5.16 Å². The topological polar surface area (TPSA) is 89.3 Å². The molecule has 2 atom stereocenters. The van der Waals surface area contributed by atoms with E-state index < -0.39 is 0 Å². The summed E-state index contributed by atoms with van der Waals surface area (Å²) in [6, 6.07) is 0.0969. The molecule has 3 heterocycles. The van der Waals surface area contributed by atoms with Crippen LogP contribution in [0.25, 0.3) is 0 Å². The first-order chi connectivity index (χ1) is 9.83. The van der Waals surface area contributed by atoms with Crippen LogP contribution in [0.4, 0.5) is 0 Å². The zero-order chi connectivity index (χ0) is 13.8. The molecule has 20 heavy (non-hydrogen) atoms. The third kappa shape index (κ3) is 3.16. The molecule has 0 saturated carbocycles. The molecule has 0 aliphatic carbocycles. The average molecular weight is 280 g/mol. The molecule has 0 radical (unpaired) electrons. The maximum Gasteiger partial charge on any atom is 0.292 e.